The van der Waals surface area contributed by atoms with E-state index in [9.17, 15) is 9.59 Å². The number of aryl methyl sites for hydroxylation is 1. The first kappa shape index (κ1) is 22.4. The first-order chi connectivity index (χ1) is 16.0. The predicted octanol–water partition coefficient (Wildman–Crippen LogP) is 5.08. The molecule has 0 N–H and O–H groups in total. The number of aromatic nitrogens is 3. The molecule has 1 saturated carbocycles. The molecule has 5 rings (SSSR count). The van der Waals surface area contributed by atoms with E-state index in [1.807, 2.05) is 41.8 Å². The van der Waals surface area contributed by atoms with E-state index in [2.05, 4.69) is 11.5 Å². The summed E-state index contributed by atoms with van der Waals surface area (Å²) < 4.78 is 9.86. The Kier molecular flexibility index (Phi) is 6.43. The average Bonchev–Trinajstić information content (AvgIpc) is 3.57. The van der Waals surface area contributed by atoms with Crippen LogP contribution in [0.3, 0.4) is 0 Å². The van der Waals surface area contributed by atoms with Gasteiger partial charge in [-0.3, -0.25) is 14.2 Å². The number of carbonyl (C=O) groups excluding carboxylic acids is 1. The van der Waals surface area contributed by atoms with Crippen LogP contribution in [0.1, 0.15) is 66.3 Å². The topological polar surface area (TPSA) is 66.1 Å². The van der Waals surface area contributed by atoms with Crippen molar-refractivity contribution >= 4 is 28.4 Å². The van der Waals surface area contributed by atoms with E-state index in [4.69, 9.17) is 9.72 Å². The number of para-hydroxylation sites is 1. The monoisotopic (exact) mass is 465 g/mol. The Morgan fingerprint density at radius 3 is 2.70 bits per heavy atom. The summed E-state index contributed by atoms with van der Waals surface area (Å²) >= 11 is 1.39. The van der Waals surface area contributed by atoms with Crippen LogP contribution in [0.2, 0.25) is 0 Å². The lowest BCUT2D eigenvalue weighted by Crippen LogP contribution is -2.26. The van der Waals surface area contributed by atoms with Gasteiger partial charge >= 0.3 is 0 Å². The van der Waals surface area contributed by atoms with Crippen LogP contribution in [0.15, 0.2) is 40.3 Å². The fourth-order valence-electron chi connectivity index (χ4n) is 5.28. The molecule has 0 spiro atoms. The summed E-state index contributed by atoms with van der Waals surface area (Å²) in [6.45, 7) is 5.69. The molecular weight excluding hydrogens is 434 g/mol. The quantitative estimate of drug-likeness (QED) is 0.276. The number of rotatable bonds is 7. The van der Waals surface area contributed by atoms with Gasteiger partial charge in [-0.25, -0.2) is 4.98 Å². The van der Waals surface area contributed by atoms with Crippen LogP contribution in [-0.2, 0) is 11.3 Å². The zero-order valence-electron chi connectivity index (χ0n) is 19.4. The molecule has 7 heteroatoms. The summed E-state index contributed by atoms with van der Waals surface area (Å²) in [5.41, 5.74) is 3.54. The average molecular weight is 466 g/mol. The lowest BCUT2D eigenvalue weighted by molar-refractivity contribution is 0.0957. The predicted molar refractivity (Wildman–Crippen MR) is 131 cm³/mol. The number of thioether (sulfide) groups is 1. The molecule has 2 aliphatic rings. The molecule has 2 aromatic heterocycles. The second kappa shape index (κ2) is 9.47. The summed E-state index contributed by atoms with van der Waals surface area (Å²) in [6, 6.07) is 9.66. The first-order valence-electron chi connectivity index (χ1n) is 12.0. The zero-order chi connectivity index (χ0) is 22.9. The molecule has 0 unspecified atom stereocenters. The van der Waals surface area contributed by atoms with Crippen molar-refractivity contribution in [1.29, 1.82) is 0 Å². The highest BCUT2D eigenvalue weighted by atomic mass is 32.2. The van der Waals surface area contributed by atoms with Gasteiger partial charge in [0.05, 0.1) is 22.8 Å². The number of hydrogen-bond acceptors (Lipinski definition) is 5. The van der Waals surface area contributed by atoms with Gasteiger partial charge < -0.3 is 9.30 Å². The Labute approximate surface area is 198 Å². The zero-order valence-corrected chi connectivity index (χ0v) is 20.2. The smallest absolute Gasteiger partial charge is 0.262 e. The van der Waals surface area contributed by atoms with E-state index in [1.54, 1.807) is 0 Å². The SMILES string of the molecule is Cc1cc(C(=O)CSc2nc3ccccc3c(=O)n2C2CCCC2)c(C)n1C[C@H]1CCCO1. The minimum Gasteiger partial charge on any atom is -0.376 e. The van der Waals surface area contributed by atoms with Crippen molar-refractivity contribution < 1.29 is 9.53 Å². The second-order valence-electron chi connectivity index (χ2n) is 9.27. The second-order valence-corrected chi connectivity index (χ2v) is 10.2. The molecule has 0 bridgehead atoms. The molecule has 2 fully saturated rings. The van der Waals surface area contributed by atoms with E-state index >= 15 is 0 Å². The van der Waals surface area contributed by atoms with E-state index in [0.29, 0.717) is 16.1 Å². The Morgan fingerprint density at radius 2 is 1.94 bits per heavy atom. The van der Waals surface area contributed by atoms with Crippen molar-refractivity contribution in [2.75, 3.05) is 12.4 Å². The van der Waals surface area contributed by atoms with Gasteiger partial charge in [0.2, 0.25) is 0 Å². The number of ether oxygens (including phenoxy) is 1. The van der Waals surface area contributed by atoms with Crippen LogP contribution >= 0.6 is 11.8 Å². The van der Waals surface area contributed by atoms with Crippen LogP contribution < -0.4 is 5.56 Å². The Morgan fingerprint density at radius 1 is 1.15 bits per heavy atom. The number of hydrogen-bond donors (Lipinski definition) is 0. The molecule has 1 aliphatic carbocycles. The van der Waals surface area contributed by atoms with Gasteiger partial charge in [0, 0.05) is 36.1 Å². The normalized spacial score (nSPS) is 19.0. The highest BCUT2D eigenvalue weighted by Crippen LogP contribution is 2.32. The molecule has 1 aliphatic heterocycles. The van der Waals surface area contributed by atoms with Gasteiger partial charge in [0.1, 0.15) is 0 Å². The lowest BCUT2D eigenvalue weighted by atomic mass is 10.2. The molecule has 174 valence electrons. The molecule has 0 radical (unpaired) electrons. The Balaban J connectivity index is 1.40. The van der Waals surface area contributed by atoms with E-state index in [-0.39, 0.29) is 29.2 Å². The van der Waals surface area contributed by atoms with Gasteiger partial charge in [0.25, 0.3) is 5.56 Å². The van der Waals surface area contributed by atoms with Crippen molar-refractivity contribution in [3.63, 3.8) is 0 Å². The van der Waals surface area contributed by atoms with Gasteiger partial charge in [-0.15, -0.1) is 0 Å². The fourth-order valence-corrected chi connectivity index (χ4v) is 6.23. The van der Waals surface area contributed by atoms with Crippen molar-refractivity contribution in [3.8, 4) is 0 Å². The molecule has 0 amide bonds. The maximum absolute atomic E-state index is 13.3. The number of ketones is 1. The number of carbonyl (C=O) groups is 1. The summed E-state index contributed by atoms with van der Waals surface area (Å²) in [5, 5.41) is 1.31. The summed E-state index contributed by atoms with van der Waals surface area (Å²) in [6.07, 6.45) is 6.65. The highest BCUT2D eigenvalue weighted by molar-refractivity contribution is 7.99. The number of fused-ring (bicyclic) bond motifs is 1. The number of Topliss-reactive ketones (excluding diaryl/α,β-unsaturated/α-hetero) is 1. The van der Waals surface area contributed by atoms with Gasteiger partial charge in [-0.2, -0.15) is 0 Å². The Hall–Kier alpha value is -2.38. The molecule has 6 nitrogen and oxygen atoms in total. The van der Waals surface area contributed by atoms with Crippen LogP contribution in [0, 0.1) is 13.8 Å². The standard InChI is InChI=1S/C26H31N3O3S/c1-17-14-22(18(2)28(17)15-20-10-7-13-32-20)24(30)16-33-26-27-23-12-6-5-11-21(23)25(31)29(26)19-8-3-4-9-19/h5-6,11-12,14,19-20H,3-4,7-10,13,15-16H2,1-2H3/t20-/m1/s1. The van der Waals surface area contributed by atoms with Crippen molar-refractivity contribution in [2.45, 2.75) is 76.2 Å². The maximum Gasteiger partial charge on any atom is 0.262 e. The van der Waals surface area contributed by atoms with Crippen LogP contribution in [0.4, 0.5) is 0 Å². The van der Waals surface area contributed by atoms with Gasteiger partial charge in [0.15, 0.2) is 10.9 Å². The van der Waals surface area contributed by atoms with Crippen LogP contribution in [0.25, 0.3) is 10.9 Å². The third kappa shape index (κ3) is 4.41. The Bertz CT molecular complexity index is 1230. The molecular formula is C26H31N3O3S. The minimum absolute atomic E-state index is 0.0113. The van der Waals surface area contributed by atoms with Crippen LogP contribution in [-0.4, -0.2) is 38.4 Å². The van der Waals surface area contributed by atoms with E-state index in [1.165, 1.54) is 11.8 Å². The van der Waals surface area contributed by atoms with Gasteiger partial charge in [-0.05, 0) is 57.7 Å². The first-order valence-corrected chi connectivity index (χ1v) is 13.0. The molecule has 1 atom stereocenters. The van der Waals surface area contributed by atoms with Crippen molar-refractivity contribution in [3.05, 3.63) is 57.6 Å². The molecule has 1 saturated heterocycles. The van der Waals surface area contributed by atoms with Crippen molar-refractivity contribution in [2.24, 2.45) is 0 Å². The third-order valence-corrected chi connectivity index (χ3v) is 8.03. The molecule has 33 heavy (non-hydrogen) atoms. The fraction of sp³-hybridized carbons (Fsp3) is 0.500. The highest BCUT2D eigenvalue weighted by Gasteiger charge is 2.25. The third-order valence-electron chi connectivity index (χ3n) is 7.08. The number of nitrogens with zero attached hydrogens (tertiary/aromatic N) is 3. The van der Waals surface area contributed by atoms with Crippen molar-refractivity contribution in [1.82, 2.24) is 14.1 Å². The maximum atomic E-state index is 13.3. The van der Waals surface area contributed by atoms with E-state index in [0.717, 1.165) is 68.6 Å². The summed E-state index contributed by atoms with van der Waals surface area (Å²) in [5.74, 6) is 0.342. The summed E-state index contributed by atoms with van der Waals surface area (Å²) in [4.78, 5) is 31.4. The van der Waals surface area contributed by atoms with Crippen LogP contribution in [0.5, 0.6) is 0 Å². The molecule has 3 heterocycles. The lowest BCUT2D eigenvalue weighted by Gasteiger charge is -2.18. The minimum atomic E-state index is 0.0113. The van der Waals surface area contributed by atoms with E-state index < -0.39 is 0 Å². The number of benzene rings is 1. The van der Waals surface area contributed by atoms with Gasteiger partial charge in [-0.1, -0.05) is 36.7 Å². The largest absolute Gasteiger partial charge is 0.376 e. The molecule has 3 aromatic rings. The molecule has 1 aromatic carbocycles. The summed E-state index contributed by atoms with van der Waals surface area (Å²) in [7, 11) is 0.